The van der Waals surface area contributed by atoms with E-state index in [1.807, 2.05) is 45.0 Å². The standard InChI is InChI=1S/C15H18N2O3/c1-10(2)17-14(13(8-16-17)15(18)19)9-20-12-6-4-11(3)5-7-12/h4-8,10H,9H2,1-3H3,(H,18,19). The van der Waals surface area contributed by atoms with Gasteiger partial charge in [-0.25, -0.2) is 4.79 Å². The lowest BCUT2D eigenvalue weighted by Gasteiger charge is -2.13. The average molecular weight is 274 g/mol. The maximum atomic E-state index is 11.2. The Balaban J connectivity index is 2.21. The summed E-state index contributed by atoms with van der Waals surface area (Å²) >= 11 is 0. The van der Waals surface area contributed by atoms with Gasteiger partial charge in [-0.05, 0) is 32.9 Å². The third-order valence-corrected chi connectivity index (χ3v) is 3.01. The number of benzene rings is 1. The van der Waals surface area contributed by atoms with Crippen molar-refractivity contribution in [2.24, 2.45) is 0 Å². The summed E-state index contributed by atoms with van der Waals surface area (Å²) in [5.41, 5.74) is 1.91. The third kappa shape index (κ3) is 2.99. The summed E-state index contributed by atoms with van der Waals surface area (Å²) in [5.74, 6) is -0.275. The van der Waals surface area contributed by atoms with Gasteiger partial charge < -0.3 is 9.84 Å². The van der Waals surface area contributed by atoms with Gasteiger partial charge in [0.05, 0.1) is 11.9 Å². The first kappa shape index (κ1) is 14.1. The van der Waals surface area contributed by atoms with Crippen molar-refractivity contribution < 1.29 is 14.6 Å². The Morgan fingerprint density at radius 2 is 2.00 bits per heavy atom. The second-order valence-corrected chi connectivity index (χ2v) is 4.95. The van der Waals surface area contributed by atoms with Crippen LogP contribution in [0.2, 0.25) is 0 Å². The van der Waals surface area contributed by atoms with Crippen LogP contribution < -0.4 is 4.74 Å². The van der Waals surface area contributed by atoms with Crippen molar-refractivity contribution in [1.82, 2.24) is 9.78 Å². The Kier molecular flexibility index (Phi) is 4.08. The van der Waals surface area contributed by atoms with Crippen LogP contribution in [0.1, 0.15) is 41.5 Å². The molecular weight excluding hydrogens is 256 g/mol. The molecule has 0 fully saturated rings. The van der Waals surface area contributed by atoms with Crippen LogP contribution in [-0.4, -0.2) is 20.9 Å². The van der Waals surface area contributed by atoms with Gasteiger partial charge in [0.1, 0.15) is 17.9 Å². The van der Waals surface area contributed by atoms with E-state index in [0.717, 1.165) is 5.56 Å². The monoisotopic (exact) mass is 274 g/mol. The van der Waals surface area contributed by atoms with Gasteiger partial charge in [0.25, 0.3) is 0 Å². The van der Waals surface area contributed by atoms with Crippen LogP contribution in [-0.2, 0) is 6.61 Å². The summed E-state index contributed by atoms with van der Waals surface area (Å²) in [6.45, 7) is 6.09. The summed E-state index contributed by atoms with van der Waals surface area (Å²) < 4.78 is 7.34. The highest BCUT2D eigenvalue weighted by Crippen LogP contribution is 2.18. The van der Waals surface area contributed by atoms with Gasteiger partial charge in [-0.1, -0.05) is 17.7 Å². The highest BCUT2D eigenvalue weighted by Gasteiger charge is 2.18. The average Bonchev–Trinajstić information content (AvgIpc) is 2.82. The number of aryl methyl sites for hydroxylation is 1. The minimum absolute atomic E-state index is 0.0831. The number of hydrogen-bond acceptors (Lipinski definition) is 3. The normalized spacial score (nSPS) is 10.8. The predicted molar refractivity (Wildman–Crippen MR) is 75.1 cm³/mol. The van der Waals surface area contributed by atoms with E-state index in [0.29, 0.717) is 11.4 Å². The molecule has 2 aromatic rings. The van der Waals surface area contributed by atoms with Gasteiger partial charge >= 0.3 is 5.97 Å². The topological polar surface area (TPSA) is 64.3 Å². The zero-order chi connectivity index (χ0) is 14.7. The number of carboxylic acid groups (broad SMARTS) is 1. The van der Waals surface area contributed by atoms with Crippen LogP contribution in [0.25, 0.3) is 0 Å². The van der Waals surface area contributed by atoms with E-state index >= 15 is 0 Å². The fraction of sp³-hybridized carbons (Fsp3) is 0.333. The van der Waals surface area contributed by atoms with Crippen LogP contribution in [0.3, 0.4) is 0 Å². The summed E-state index contributed by atoms with van der Waals surface area (Å²) in [7, 11) is 0. The van der Waals surface area contributed by atoms with Crippen LogP contribution in [0, 0.1) is 6.92 Å². The number of carbonyl (C=O) groups is 1. The number of carboxylic acids is 1. The van der Waals surface area contributed by atoms with Crippen molar-refractivity contribution in [3.8, 4) is 5.75 Å². The molecule has 1 heterocycles. The van der Waals surface area contributed by atoms with E-state index < -0.39 is 5.97 Å². The van der Waals surface area contributed by atoms with Crippen molar-refractivity contribution in [3.63, 3.8) is 0 Å². The minimum atomic E-state index is -0.987. The van der Waals surface area contributed by atoms with Crippen molar-refractivity contribution >= 4 is 5.97 Å². The molecule has 0 radical (unpaired) electrons. The van der Waals surface area contributed by atoms with E-state index in [4.69, 9.17) is 4.74 Å². The number of aromatic carboxylic acids is 1. The van der Waals surface area contributed by atoms with Gasteiger partial charge in [-0.3, -0.25) is 4.68 Å². The summed E-state index contributed by atoms with van der Waals surface area (Å²) in [6, 6.07) is 7.72. The van der Waals surface area contributed by atoms with Crippen LogP contribution in [0.15, 0.2) is 30.5 Å². The highest BCUT2D eigenvalue weighted by atomic mass is 16.5. The molecule has 106 valence electrons. The van der Waals surface area contributed by atoms with Gasteiger partial charge in [-0.15, -0.1) is 0 Å². The molecule has 0 bridgehead atoms. The molecule has 0 unspecified atom stereocenters. The second-order valence-electron chi connectivity index (χ2n) is 4.95. The Bertz CT molecular complexity index is 600. The molecule has 1 aromatic heterocycles. The zero-order valence-corrected chi connectivity index (χ0v) is 11.8. The van der Waals surface area contributed by atoms with Gasteiger partial charge in [0, 0.05) is 6.04 Å². The van der Waals surface area contributed by atoms with Crippen LogP contribution >= 0.6 is 0 Å². The first-order valence-corrected chi connectivity index (χ1v) is 6.48. The number of hydrogen-bond donors (Lipinski definition) is 1. The SMILES string of the molecule is Cc1ccc(OCc2c(C(=O)O)cnn2C(C)C)cc1. The summed E-state index contributed by atoms with van der Waals surface area (Å²) in [4.78, 5) is 11.2. The van der Waals surface area contributed by atoms with E-state index in [1.165, 1.54) is 6.20 Å². The summed E-state index contributed by atoms with van der Waals surface area (Å²) in [5, 5.41) is 13.3. The van der Waals surface area contributed by atoms with Crippen LogP contribution in [0.5, 0.6) is 5.75 Å². The zero-order valence-electron chi connectivity index (χ0n) is 11.8. The quantitative estimate of drug-likeness (QED) is 0.910. The maximum Gasteiger partial charge on any atom is 0.339 e. The van der Waals surface area contributed by atoms with Crippen molar-refractivity contribution in [2.45, 2.75) is 33.4 Å². The van der Waals surface area contributed by atoms with Crippen molar-refractivity contribution in [2.75, 3.05) is 0 Å². The first-order chi connectivity index (χ1) is 9.49. The molecule has 0 aliphatic heterocycles. The second kappa shape index (κ2) is 5.77. The Labute approximate surface area is 117 Å². The van der Waals surface area contributed by atoms with Crippen molar-refractivity contribution in [3.05, 3.63) is 47.3 Å². The van der Waals surface area contributed by atoms with Gasteiger partial charge in [-0.2, -0.15) is 5.10 Å². The fourth-order valence-electron chi connectivity index (χ4n) is 1.94. The van der Waals surface area contributed by atoms with Crippen molar-refractivity contribution in [1.29, 1.82) is 0 Å². The third-order valence-electron chi connectivity index (χ3n) is 3.01. The molecule has 0 saturated carbocycles. The van der Waals surface area contributed by atoms with E-state index in [2.05, 4.69) is 5.10 Å². The number of aromatic nitrogens is 2. The molecular formula is C15H18N2O3. The highest BCUT2D eigenvalue weighted by molar-refractivity contribution is 5.88. The van der Waals surface area contributed by atoms with E-state index in [1.54, 1.807) is 4.68 Å². The molecule has 20 heavy (non-hydrogen) atoms. The Hall–Kier alpha value is -2.30. The fourth-order valence-corrected chi connectivity index (χ4v) is 1.94. The van der Waals surface area contributed by atoms with E-state index in [9.17, 15) is 9.90 Å². The molecule has 5 heteroatoms. The molecule has 2 rings (SSSR count). The smallest absolute Gasteiger partial charge is 0.339 e. The van der Waals surface area contributed by atoms with Gasteiger partial charge in [0.15, 0.2) is 0 Å². The lowest BCUT2D eigenvalue weighted by molar-refractivity contribution is 0.0693. The molecule has 1 N–H and O–H groups in total. The molecule has 0 amide bonds. The lowest BCUT2D eigenvalue weighted by atomic mass is 10.2. The summed E-state index contributed by atoms with van der Waals surface area (Å²) in [6.07, 6.45) is 1.37. The Morgan fingerprint density at radius 1 is 1.35 bits per heavy atom. The molecule has 5 nitrogen and oxygen atoms in total. The predicted octanol–water partition coefficient (Wildman–Crippen LogP) is 3.05. The largest absolute Gasteiger partial charge is 0.487 e. The van der Waals surface area contributed by atoms with E-state index in [-0.39, 0.29) is 18.2 Å². The first-order valence-electron chi connectivity index (χ1n) is 6.48. The molecule has 0 aliphatic carbocycles. The Morgan fingerprint density at radius 3 is 2.55 bits per heavy atom. The number of rotatable bonds is 5. The van der Waals surface area contributed by atoms with Crippen LogP contribution in [0.4, 0.5) is 0 Å². The van der Waals surface area contributed by atoms with Gasteiger partial charge in [0.2, 0.25) is 0 Å². The number of ether oxygens (including phenoxy) is 1. The molecule has 1 aromatic carbocycles. The lowest BCUT2D eigenvalue weighted by Crippen LogP contribution is -2.13. The minimum Gasteiger partial charge on any atom is -0.487 e. The maximum absolute atomic E-state index is 11.2. The molecule has 0 saturated heterocycles. The number of nitrogens with zero attached hydrogens (tertiary/aromatic N) is 2. The molecule has 0 spiro atoms. The molecule has 0 aliphatic rings. The molecule has 0 atom stereocenters.